The zero-order chi connectivity index (χ0) is 18.2. The molecule has 0 N–H and O–H groups in total. The number of rotatable bonds is 3. The summed E-state index contributed by atoms with van der Waals surface area (Å²) in [6.45, 7) is 0.371. The Kier molecular flexibility index (Phi) is 4.71. The first kappa shape index (κ1) is 17.7. The Morgan fingerprint density at radius 2 is 1.88 bits per heavy atom. The van der Waals surface area contributed by atoms with Crippen LogP contribution in [0.5, 0.6) is 0 Å². The molecule has 1 fully saturated rings. The van der Waals surface area contributed by atoms with Gasteiger partial charge in [-0.25, -0.2) is 8.42 Å². The summed E-state index contributed by atoms with van der Waals surface area (Å²) in [4.78, 5) is 26.3. The minimum Gasteiger partial charge on any atom is -0.337 e. The van der Waals surface area contributed by atoms with Gasteiger partial charge in [0.1, 0.15) is 5.56 Å². The Labute approximate surface area is 150 Å². The molecule has 0 spiro atoms. The molecule has 6 nitrogen and oxygen atoms in total. The molecule has 0 saturated carbocycles. The highest BCUT2D eigenvalue weighted by Crippen LogP contribution is 2.25. The highest BCUT2D eigenvalue weighted by molar-refractivity contribution is 7.92. The Morgan fingerprint density at radius 3 is 2.56 bits per heavy atom. The lowest BCUT2D eigenvalue weighted by Crippen LogP contribution is -2.36. The van der Waals surface area contributed by atoms with Crippen molar-refractivity contribution in [1.29, 1.82) is 0 Å². The highest BCUT2D eigenvalue weighted by atomic mass is 35.5. The molecule has 3 rings (SSSR count). The van der Waals surface area contributed by atoms with Crippen molar-refractivity contribution in [3.63, 3.8) is 0 Å². The van der Waals surface area contributed by atoms with Crippen LogP contribution in [0.2, 0.25) is 5.02 Å². The van der Waals surface area contributed by atoms with Gasteiger partial charge in [-0.3, -0.25) is 9.59 Å². The van der Waals surface area contributed by atoms with Crippen molar-refractivity contribution < 1.29 is 13.2 Å². The van der Waals surface area contributed by atoms with Gasteiger partial charge in [0.25, 0.3) is 11.5 Å². The van der Waals surface area contributed by atoms with Crippen LogP contribution in [-0.4, -0.2) is 42.1 Å². The number of pyridine rings is 1. The fraction of sp³-hybridized carbons (Fsp3) is 0.294. The SMILES string of the molecule is Cn1cccc(C(=O)N2CCC(S(=O)(=O)c3ccc(Cl)cc3)C2)c1=O. The normalized spacial score (nSPS) is 17.7. The maximum Gasteiger partial charge on any atom is 0.263 e. The largest absolute Gasteiger partial charge is 0.337 e. The second-order valence-electron chi connectivity index (χ2n) is 6.00. The van der Waals surface area contributed by atoms with Crippen LogP contribution in [0.25, 0.3) is 0 Å². The van der Waals surface area contributed by atoms with Gasteiger partial charge < -0.3 is 9.47 Å². The first-order chi connectivity index (χ1) is 11.8. The standard InChI is InChI=1S/C17H17ClN2O4S/c1-19-9-2-3-15(16(19)21)17(22)20-10-8-14(11-20)25(23,24)13-6-4-12(18)5-7-13/h2-7,9,14H,8,10-11H2,1H3. The van der Waals surface area contributed by atoms with Crippen LogP contribution < -0.4 is 5.56 Å². The molecule has 1 amide bonds. The molecule has 1 aromatic carbocycles. The fourth-order valence-electron chi connectivity index (χ4n) is 2.91. The van der Waals surface area contributed by atoms with Gasteiger partial charge in [0.2, 0.25) is 0 Å². The number of amides is 1. The van der Waals surface area contributed by atoms with Gasteiger partial charge >= 0.3 is 0 Å². The van der Waals surface area contributed by atoms with Gasteiger partial charge in [0.05, 0.1) is 10.1 Å². The number of benzene rings is 1. The summed E-state index contributed by atoms with van der Waals surface area (Å²) in [7, 11) is -1.99. The molecule has 1 unspecified atom stereocenters. The number of sulfone groups is 1. The molecule has 132 valence electrons. The lowest BCUT2D eigenvalue weighted by molar-refractivity contribution is 0.0791. The van der Waals surface area contributed by atoms with Crippen molar-refractivity contribution >= 4 is 27.3 Å². The summed E-state index contributed by atoms with van der Waals surface area (Å²) in [6, 6.07) is 9.07. The third kappa shape index (κ3) is 3.34. The van der Waals surface area contributed by atoms with Crippen LogP contribution in [-0.2, 0) is 16.9 Å². The molecule has 0 bridgehead atoms. The number of hydrogen-bond acceptors (Lipinski definition) is 4. The fourth-order valence-corrected chi connectivity index (χ4v) is 4.73. The number of nitrogens with zero attached hydrogens (tertiary/aromatic N) is 2. The van der Waals surface area contributed by atoms with Crippen molar-refractivity contribution in [3.8, 4) is 0 Å². The van der Waals surface area contributed by atoms with Crippen molar-refractivity contribution in [3.05, 3.63) is 63.5 Å². The number of hydrogen-bond donors (Lipinski definition) is 0. The Hall–Kier alpha value is -2.12. The quantitative estimate of drug-likeness (QED) is 0.812. The predicted molar refractivity (Wildman–Crippen MR) is 94.6 cm³/mol. The van der Waals surface area contributed by atoms with E-state index in [4.69, 9.17) is 11.6 Å². The Bertz CT molecular complexity index is 967. The van der Waals surface area contributed by atoms with E-state index in [0.717, 1.165) is 0 Å². The maximum absolute atomic E-state index is 12.7. The molecule has 1 aliphatic rings. The topological polar surface area (TPSA) is 76.5 Å². The Balaban J connectivity index is 1.81. The van der Waals surface area contributed by atoms with E-state index in [1.165, 1.54) is 39.8 Å². The number of carbonyl (C=O) groups is 1. The summed E-state index contributed by atoms with van der Waals surface area (Å²) in [5, 5.41) is -0.229. The van der Waals surface area contributed by atoms with Gasteiger partial charge in [-0.2, -0.15) is 0 Å². The number of carbonyl (C=O) groups excluding carboxylic acids is 1. The van der Waals surface area contributed by atoms with Crippen molar-refractivity contribution in [2.75, 3.05) is 13.1 Å². The number of halogens is 1. The summed E-state index contributed by atoms with van der Waals surface area (Å²) < 4.78 is 26.8. The molecular weight excluding hydrogens is 364 g/mol. The summed E-state index contributed by atoms with van der Waals surface area (Å²) in [5.41, 5.74) is -0.342. The van der Waals surface area contributed by atoms with Gasteiger partial charge in [-0.1, -0.05) is 11.6 Å². The summed E-state index contributed by atoms with van der Waals surface area (Å²) in [5.74, 6) is -0.435. The van der Waals surface area contributed by atoms with Crippen LogP contribution in [0.1, 0.15) is 16.8 Å². The highest BCUT2D eigenvalue weighted by Gasteiger charge is 2.36. The minimum absolute atomic E-state index is 0.0505. The molecule has 1 atom stereocenters. The molecule has 0 radical (unpaired) electrons. The van der Waals surface area contributed by atoms with Crippen molar-refractivity contribution in [2.24, 2.45) is 7.05 Å². The first-order valence-electron chi connectivity index (χ1n) is 7.75. The van der Waals surface area contributed by atoms with Crippen molar-refractivity contribution in [2.45, 2.75) is 16.6 Å². The smallest absolute Gasteiger partial charge is 0.263 e. The number of aryl methyl sites for hydroxylation is 1. The average molecular weight is 381 g/mol. The monoisotopic (exact) mass is 380 g/mol. The molecule has 1 saturated heterocycles. The van der Waals surface area contributed by atoms with Gasteiger partial charge in [-0.05, 0) is 42.8 Å². The second-order valence-corrected chi connectivity index (χ2v) is 8.66. The van der Waals surface area contributed by atoms with Crippen LogP contribution >= 0.6 is 11.6 Å². The summed E-state index contributed by atoms with van der Waals surface area (Å²) >= 11 is 5.80. The maximum atomic E-state index is 12.7. The molecule has 8 heteroatoms. The van der Waals surface area contributed by atoms with Crippen LogP contribution in [0, 0.1) is 0 Å². The third-order valence-electron chi connectivity index (χ3n) is 4.37. The van der Waals surface area contributed by atoms with E-state index in [9.17, 15) is 18.0 Å². The third-order valence-corrected chi connectivity index (χ3v) is 6.81. The van der Waals surface area contributed by atoms with Crippen LogP contribution in [0.3, 0.4) is 0 Å². The van der Waals surface area contributed by atoms with Gasteiger partial charge in [0, 0.05) is 31.4 Å². The number of aromatic nitrogens is 1. The summed E-state index contributed by atoms with van der Waals surface area (Å²) in [6.07, 6.45) is 1.90. The van der Waals surface area contributed by atoms with E-state index in [2.05, 4.69) is 0 Å². The second kappa shape index (κ2) is 6.65. The first-order valence-corrected chi connectivity index (χ1v) is 9.67. The average Bonchev–Trinajstić information content (AvgIpc) is 3.08. The zero-order valence-electron chi connectivity index (χ0n) is 13.6. The van der Waals surface area contributed by atoms with Crippen LogP contribution in [0.15, 0.2) is 52.3 Å². The molecule has 1 aliphatic heterocycles. The predicted octanol–water partition coefficient (Wildman–Crippen LogP) is 1.73. The molecule has 2 aromatic rings. The van der Waals surface area contributed by atoms with Crippen LogP contribution in [0.4, 0.5) is 0 Å². The molecular formula is C17H17ClN2O4S. The lowest BCUT2D eigenvalue weighted by atomic mass is 10.2. The molecule has 1 aromatic heterocycles. The number of likely N-dealkylation sites (tertiary alicyclic amines) is 1. The van der Waals surface area contributed by atoms with E-state index < -0.39 is 26.6 Å². The molecule has 0 aliphatic carbocycles. The van der Waals surface area contributed by atoms with E-state index in [-0.39, 0.29) is 17.0 Å². The van der Waals surface area contributed by atoms with E-state index in [1.54, 1.807) is 19.3 Å². The minimum atomic E-state index is -3.56. The lowest BCUT2D eigenvalue weighted by Gasteiger charge is -2.17. The van der Waals surface area contributed by atoms with E-state index in [0.29, 0.717) is 18.0 Å². The molecule has 25 heavy (non-hydrogen) atoms. The van der Waals surface area contributed by atoms with Gasteiger partial charge in [0.15, 0.2) is 9.84 Å². The van der Waals surface area contributed by atoms with E-state index in [1.807, 2.05) is 0 Å². The Morgan fingerprint density at radius 1 is 1.20 bits per heavy atom. The van der Waals surface area contributed by atoms with E-state index >= 15 is 0 Å². The van der Waals surface area contributed by atoms with Gasteiger partial charge in [-0.15, -0.1) is 0 Å². The molecule has 2 heterocycles. The zero-order valence-corrected chi connectivity index (χ0v) is 15.1. The van der Waals surface area contributed by atoms with Crippen molar-refractivity contribution in [1.82, 2.24) is 9.47 Å².